The summed E-state index contributed by atoms with van der Waals surface area (Å²) in [6.07, 6.45) is 10.4. The zero-order valence-electron chi connectivity index (χ0n) is 27.7. The summed E-state index contributed by atoms with van der Waals surface area (Å²) in [7, 11) is 0. The Morgan fingerprint density at radius 3 is 2.52 bits per heavy atom. The van der Waals surface area contributed by atoms with Crippen LogP contribution in [0.25, 0.3) is 11.3 Å². The largest absolute Gasteiger partial charge is 0.494 e. The van der Waals surface area contributed by atoms with Crippen molar-refractivity contribution in [1.82, 2.24) is 14.9 Å². The summed E-state index contributed by atoms with van der Waals surface area (Å²) in [5.41, 5.74) is 5.05. The Morgan fingerprint density at radius 1 is 1.13 bits per heavy atom. The van der Waals surface area contributed by atoms with Crippen LogP contribution in [0, 0.1) is 5.92 Å². The van der Waals surface area contributed by atoms with Crippen molar-refractivity contribution in [3.63, 3.8) is 0 Å². The van der Waals surface area contributed by atoms with E-state index in [2.05, 4.69) is 60.4 Å². The van der Waals surface area contributed by atoms with Crippen LogP contribution in [0.1, 0.15) is 66.1 Å². The molecular weight excluding hydrogens is 594 g/mol. The van der Waals surface area contributed by atoms with E-state index in [4.69, 9.17) is 9.47 Å². The van der Waals surface area contributed by atoms with Crippen LogP contribution in [0.15, 0.2) is 96.3 Å². The molecule has 5 nitrogen and oxygen atoms in total. The van der Waals surface area contributed by atoms with Crippen molar-refractivity contribution in [3.05, 3.63) is 102 Å². The molecule has 0 spiro atoms. The lowest BCUT2D eigenvalue weighted by molar-refractivity contribution is -0.125. The van der Waals surface area contributed by atoms with Gasteiger partial charge in [0.2, 0.25) is 0 Å². The maximum absolute atomic E-state index is 12.7. The Morgan fingerprint density at radius 2 is 1.87 bits per heavy atom. The van der Waals surface area contributed by atoms with Gasteiger partial charge in [0, 0.05) is 25.5 Å². The number of benzene rings is 1. The van der Waals surface area contributed by atoms with Gasteiger partial charge in [0.05, 0.1) is 24.9 Å². The smallest absolute Gasteiger partial charge is 0.392 e. The number of rotatable bonds is 16. The lowest BCUT2D eigenvalue weighted by Gasteiger charge is -2.17. The van der Waals surface area contributed by atoms with Gasteiger partial charge in [-0.3, -0.25) is 0 Å². The molecule has 1 heterocycles. The average Bonchev–Trinajstić information content (AvgIpc) is 3.45. The van der Waals surface area contributed by atoms with E-state index in [1.165, 1.54) is 19.1 Å². The number of alkyl halides is 4. The van der Waals surface area contributed by atoms with Crippen molar-refractivity contribution in [2.75, 3.05) is 26.2 Å². The fourth-order valence-corrected chi connectivity index (χ4v) is 4.31. The molecule has 1 aromatic heterocycles. The lowest BCUT2D eigenvalue weighted by Crippen LogP contribution is -2.25. The van der Waals surface area contributed by atoms with Crippen molar-refractivity contribution < 1.29 is 27.0 Å². The topological polar surface area (TPSA) is 50.4 Å². The number of halogens is 4. The van der Waals surface area contributed by atoms with Gasteiger partial charge in [0.25, 0.3) is 0 Å². The first-order valence-electron chi connectivity index (χ1n) is 16.0. The molecule has 1 aromatic carbocycles. The molecular formula is C37H49F4N3O2. The van der Waals surface area contributed by atoms with E-state index in [1.807, 2.05) is 30.5 Å². The van der Waals surface area contributed by atoms with Gasteiger partial charge in [-0.1, -0.05) is 52.0 Å². The van der Waals surface area contributed by atoms with Crippen LogP contribution >= 0.6 is 0 Å². The fraction of sp³-hybridized carbons (Fsp3) is 0.459. The van der Waals surface area contributed by atoms with Crippen LogP contribution in [0.4, 0.5) is 17.6 Å². The fourth-order valence-electron chi connectivity index (χ4n) is 4.31. The summed E-state index contributed by atoms with van der Waals surface area (Å²) >= 11 is 0. The van der Waals surface area contributed by atoms with E-state index in [0.29, 0.717) is 18.1 Å². The highest BCUT2D eigenvalue weighted by Crippen LogP contribution is 2.24. The third kappa shape index (κ3) is 17.0. The molecule has 1 N–H and O–H groups in total. The van der Waals surface area contributed by atoms with Crippen molar-refractivity contribution in [2.24, 2.45) is 5.92 Å². The molecule has 0 saturated heterocycles. The highest BCUT2D eigenvalue weighted by Gasteiger charge is 2.25. The minimum absolute atomic E-state index is 0.0923. The Kier molecular flexibility index (Phi) is 17.6. The second-order valence-corrected chi connectivity index (χ2v) is 11.2. The Balaban J connectivity index is 0.000000322. The number of nitrogens with zero attached hydrogens (tertiary/aromatic N) is 2. The highest BCUT2D eigenvalue weighted by molar-refractivity contribution is 5.59. The van der Waals surface area contributed by atoms with Crippen molar-refractivity contribution in [2.45, 2.75) is 79.1 Å². The number of aromatic nitrogens is 2. The molecule has 1 unspecified atom stereocenters. The van der Waals surface area contributed by atoms with E-state index >= 15 is 0 Å². The SMILES string of the molecule is CC(F)/C=C\C/C(=C\CC(F)(F)F)O/C1=C/C/C=C\C=C=C1.CCN(CC)CCCOc1ccc(-c2cnc(CC(C)C)[nH]2)cc1. The number of aromatic amines is 1. The molecule has 0 radical (unpaired) electrons. The molecule has 1 atom stereocenters. The maximum Gasteiger partial charge on any atom is 0.392 e. The maximum atomic E-state index is 12.7. The number of allylic oxidation sites excluding steroid dienone is 7. The van der Waals surface area contributed by atoms with Crippen LogP contribution in [0.3, 0.4) is 0 Å². The van der Waals surface area contributed by atoms with E-state index in [0.717, 1.165) is 68.0 Å². The van der Waals surface area contributed by atoms with Gasteiger partial charge >= 0.3 is 6.18 Å². The summed E-state index contributed by atoms with van der Waals surface area (Å²) in [4.78, 5) is 10.3. The van der Waals surface area contributed by atoms with E-state index in [9.17, 15) is 17.6 Å². The molecule has 2 aromatic rings. The molecule has 0 aliphatic heterocycles. The Labute approximate surface area is 272 Å². The summed E-state index contributed by atoms with van der Waals surface area (Å²) in [6.45, 7) is 14.2. The van der Waals surface area contributed by atoms with Gasteiger partial charge in [0.15, 0.2) is 0 Å². The molecule has 0 fully saturated rings. The molecule has 0 amide bonds. The van der Waals surface area contributed by atoms with Gasteiger partial charge < -0.3 is 19.4 Å². The molecule has 3 rings (SSSR count). The number of H-pyrrole nitrogens is 1. The van der Waals surface area contributed by atoms with Crippen molar-refractivity contribution in [1.29, 1.82) is 0 Å². The highest BCUT2D eigenvalue weighted by atomic mass is 19.4. The molecule has 9 heteroatoms. The zero-order valence-corrected chi connectivity index (χ0v) is 27.7. The summed E-state index contributed by atoms with van der Waals surface area (Å²) in [6, 6.07) is 8.25. The first-order valence-corrected chi connectivity index (χ1v) is 16.0. The molecule has 252 valence electrons. The molecule has 1 aliphatic carbocycles. The van der Waals surface area contributed by atoms with E-state index in [1.54, 1.807) is 18.2 Å². The van der Waals surface area contributed by atoms with Gasteiger partial charge in [-0.15, -0.1) is 5.73 Å². The predicted molar refractivity (Wildman–Crippen MR) is 179 cm³/mol. The normalized spacial score (nSPS) is 16.1. The summed E-state index contributed by atoms with van der Waals surface area (Å²) in [5, 5.41) is 0. The second kappa shape index (κ2) is 21.1. The number of nitrogens with one attached hydrogen (secondary N) is 1. The average molecular weight is 644 g/mol. The minimum atomic E-state index is -4.31. The third-order valence-electron chi connectivity index (χ3n) is 6.72. The summed E-state index contributed by atoms with van der Waals surface area (Å²) in [5.74, 6) is 3.13. The minimum Gasteiger partial charge on any atom is -0.494 e. The second-order valence-electron chi connectivity index (χ2n) is 11.2. The Bertz CT molecular complexity index is 1330. The van der Waals surface area contributed by atoms with E-state index in [-0.39, 0.29) is 12.2 Å². The third-order valence-corrected chi connectivity index (χ3v) is 6.72. The zero-order chi connectivity index (χ0) is 33.8. The number of ether oxygens (including phenoxy) is 2. The standard InChI is InChI=1S/C20H31N3O.C17H18F4O/c1-5-23(6-2)12-7-13-24-18-10-8-17(9-11-18)19-15-21-20(22-19)14-16(3)4;1-14(18)8-7-11-16(12-13-17(19,20)21)22-15-9-5-3-2-4-6-10-15/h8-11,15-16H,5-7,12-14H2,1-4H3,(H,21,22);2-4,7-10,12,14H,5,11,13H2,1H3/b;3-2-,8-7-,15-9+,16-12+. The van der Waals surface area contributed by atoms with Crippen LogP contribution in [-0.4, -0.2) is 53.5 Å². The van der Waals surface area contributed by atoms with Crippen LogP contribution < -0.4 is 4.74 Å². The monoisotopic (exact) mass is 643 g/mol. The van der Waals surface area contributed by atoms with Crippen LogP contribution in [0.2, 0.25) is 0 Å². The first-order chi connectivity index (χ1) is 22.0. The van der Waals surface area contributed by atoms with Crippen molar-refractivity contribution >= 4 is 0 Å². The molecule has 0 bridgehead atoms. The molecule has 46 heavy (non-hydrogen) atoms. The van der Waals surface area contributed by atoms with Crippen LogP contribution in [0.5, 0.6) is 5.75 Å². The molecule has 0 saturated carbocycles. The quantitative estimate of drug-likeness (QED) is 0.0650. The van der Waals surface area contributed by atoms with Gasteiger partial charge in [-0.25, -0.2) is 9.37 Å². The van der Waals surface area contributed by atoms with Gasteiger partial charge in [-0.2, -0.15) is 13.2 Å². The molecule has 1 aliphatic rings. The van der Waals surface area contributed by atoms with Crippen LogP contribution in [-0.2, 0) is 11.2 Å². The Hall–Kier alpha value is -3.81. The van der Waals surface area contributed by atoms with Gasteiger partial charge in [0.1, 0.15) is 29.3 Å². The lowest BCUT2D eigenvalue weighted by atomic mass is 10.1. The number of hydrogen-bond donors (Lipinski definition) is 1. The van der Waals surface area contributed by atoms with Gasteiger partial charge in [-0.05, 0) is 86.8 Å². The summed E-state index contributed by atoms with van der Waals surface area (Å²) < 4.78 is 61.1. The predicted octanol–water partition coefficient (Wildman–Crippen LogP) is 10.1. The van der Waals surface area contributed by atoms with E-state index < -0.39 is 18.8 Å². The first kappa shape index (κ1) is 38.4. The number of imidazole rings is 1. The number of hydrogen-bond acceptors (Lipinski definition) is 4. The van der Waals surface area contributed by atoms with Crippen molar-refractivity contribution in [3.8, 4) is 17.0 Å².